The Morgan fingerprint density at radius 2 is 2.10 bits per heavy atom. The number of anilines is 2. The molecular formula is C15H13Cl2N3. The highest BCUT2D eigenvalue weighted by Crippen LogP contribution is 2.31. The van der Waals surface area contributed by atoms with Crippen LogP contribution in [-0.4, -0.2) is 17.0 Å². The maximum Gasteiger partial charge on any atom is 0.224 e. The average Bonchev–Trinajstić information content (AvgIpc) is 2.48. The summed E-state index contributed by atoms with van der Waals surface area (Å²) in [7, 11) is 1.92. The van der Waals surface area contributed by atoms with Crippen LogP contribution >= 0.6 is 23.2 Å². The smallest absolute Gasteiger partial charge is 0.224 e. The number of nitrogens with zero attached hydrogens (tertiary/aromatic N) is 3. The number of aromatic nitrogens is 2. The van der Waals surface area contributed by atoms with Crippen molar-refractivity contribution in [1.29, 1.82) is 0 Å². The molecule has 1 heterocycles. The van der Waals surface area contributed by atoms with E-state index < -0.39 is 0 Å². The Hall–Kier alpha value is -1.58. The summed E-state index contributed by atoms with van der Waals surface area (Å²) in [5.74, 6) is 0.609. The fourth-order valence-electron chi connectivity index (χ4n) is 2.32. The van der Waals surface area contributed by atoms with Crippen molar-refractivity contribution in [2.45, 2.75) is 12.8 Å². The number of aryl methyl sites for hydroxylation is 1. The lowest BCUT2D eigenvalue weighted by atomic mass is 9.97. The molecule has 0 aliphatic heterocycles. The van der Waals surface area contributed by atoms with E-state index in [0.29, 0.717) is 10.8 Å². The molecule has 2 aromatic rings. The van der Waals surface area contributed by atoms with Gasteiger partial charge in [0.05, 0.1) is 6.20 Å². The van der Waals surface area contributed by atoms with Gasteiger partial charge in [-0.05, 0) is 47.7 Å². The van der Waals surface area contributed by atoms with Gasteiger partial charge in [0.2, 0.25) is 5.28 Å². The quantitative estimate of drug-likeness (QED) is 0.764. The lowest BCUT2D eigenvalue weighted by Gasteiger charge is -2.21. The summed E-state index contributed by atoms with van der Waals surface area (Å²) in [6.07, 6.45) is 8.03. The molecule has 102 valence electrons. The van der Waals surface area contributed by atoms with Gasteiger partial charge in [0.1, 0.15) is 5.02 Å². The van der Waals surface area contributed by atoms with Crippen molar-refractivity contribution in [3.05, 3.63) is 51.9 Å². The predicted molar refractivity (Wildman–Crippen MR) is 83.9 cm³/mol. The Bertz CT molecular complexity index is 683. The van der Waals surface area contributed by atoms with E-state index >= 15 is 0 Å². The molecule has 1 aromatic carbocycles. The number of benzene rings is 1. The van der Waals surface area contributed by atoms with Crippen LogP contribution in [0.4, 0.5) is 11.5 Å². The average molecular weight is 306 g/mol. The first kappa shape index (κ1) is 13.4. The normalized spacial score (nSPS) is 13.2. The minimum Gasteiger partial charge on any atom is -0.328 e. The van der Waals surface area contributed by atoms with Crippen LogP contribution in [-0.2, 0) is 6.42 Å². The Balaban J connectivity index is 2.00. The molecule has 5 heteroatoms. The van der Waals surface area contributed by atoms with Crippen molar-refractivity contribution in [1.82, 2.24) is 9.97 Å². The van der Waals surface area contributed by atoms with Gasteiger partial charge in [-0.25, -0.2) is 4.98 Å². The van der Waals surface area contributed by atoms with Crippen LogP contribution in [0.25, 0.3) is 6.08 Å². The highest BCUT2D eigenvalue weighted by Gasteiger charge is 2.13. The van der Waals surface area contributed by atoms with Crippen LogP contribution in [0.15, 0.2) is 30.5 Å². The van der Waals surface area contributed by atoms with Gasteiger partial charge >= 0.3 is 0 Å². The van der Waals surface area contributed by atoms with Gasteiger partial charge < -0.3 is 4.90 Å². The molecule has 20 heavy (non-hydrogen) atoms. The molecule has 0 radical (unpaired) electrons. The first-order valence-corrected chi connectivity index (χ1v) is 7.12. The molecule has 1 aromatic heterocycles. The fourth-order valence-corrected chi connectivity index (χ4v) is 2.67. The molecule has 0 bridgehead atoms. The number of hydrogen-bond acceptors (Lipinski definition) is 3. The Morgan fingerprint density at radius 1 is 1.25 bits per heavy atom. The van der Waals surface area contributed by atoms with E-state index in [2.05, 4.69) is 40.3 Å². The SMILES string of the molecule is CN(c1ccc2c(c1)CCC=C2)c1nc(Cl)ncc1Cl. The number of hydrogen-bond donors (Lipinski definition) is 0. The van der Waals surface area contributed by atoms with E-state index in [9.17, 15) is 0 Å². The topological polar surface area (TPSA) is 29.0 Å². The van der Waals surface area contributed by atoms with E-state index in [1.807, 2.05) is 11.9 Å². The largest absolute Gasteiger partial charge is 0.328 e. The molecule has 0 saturated heterocycles. The van der Waals surface area contributed by atoms with Crippen LogP contribution in [0, 0.1) is 0 Å². The van der Waals surface area contributed by atoms with Gasteiger partial charge in [-0.15, -0.1) is 0 Å². The third-order valence-corrected chi connectivity index (χ3v) is 3.85. The van der Waals surface area contributed by atoms with Crippen molar-refractivity contribution in [2.75, 3.05) is 11.9 Å². The molecule has 0 amide bonds. The zero-order valence-corrected chi connectivity index (χ0v) is 12.5. The molecule has 1 aliphatic carbocycles. The summed E-state index contributed by atoms with van der Waals surface area (Å²) in [4.78, 5) is 9.99. The first-order chi connectivity index (χ1) is 9.65. The first-order valence-electron chi connectivity index (χ1n) is 6.36. The zero-order valence-electron chi connectivity index (χ0n) is 11.0. The molecule has 3 rings (SSSR count). The summed E-state index contributed by atoms with van der Waals surface area (Å²) in [6, 6.07) is 6.35. The number of allylic oxidation sites excluding steroid dienone is 1. The highest BCUT2D eigenvalue weighted by molar-refractivity contribution is 6.33. The Morgan fingerprint density at radius 3 is 2.95 bits per heavy atom. The summed E-state index contributed by atoms with van der Waals surface area (Å²) >= 11 is 12.0. The highest BCUT2D eigenvalue weighted by atomic mass is 35.5. The second-order valence-electron chi connectivity index (χ2n) is 4.69. The van der Waals surface area contributed by atoms with E-state index in [1.165, 1.54) is 17.3 Å². The lowest BCUT2D eigenvalue weighted by molar-refractivity contribution is 0.981. The second kappa shape index (κ2) is 5.43. The monoisotopic (exact) mass is 305 g/mol. The fraction of sp³-hybridized carbons (Fsp3) is 0.200. The summed E-state index contributed by atoms with van der Waals surface area (Å²) in [5.41, 5.74) is 3.66. The summed E-state index contributed by atoms with van der Waals surface area (Å²) in [6.45, 7) is 0. The van der Waals surface area contributed by atoms with Gasteiger partial charge in [0.25, 0.3) is 0 Å². The van der Waals surface area contributed by atoms with Crippen LogP contribution in [0.1, 0.15) is 17.5 Å². The number of halogens is 2. The molecule has 0 unspecified atom stereocenters. The lowest BCUT2D eigenvalue weighted by Crippen LogP contribution is -2.13. The maximum atomic E-state index is 6.15. The zero-order chi connectivity index (χ0) is 14.1. The van der Waals surface area contributed by atoms with Gasteiger partial charge in [-0.1, -0.05) is 29.8 Å². The van der Waals surface area contributed by atoms with Crippen molar-refractivity contribution < 1.29 is 0 Å². The molecule has 0 N–H and O–H groups in total. The van der Waals surface area contributed by atoms with Crippen LogP contribution < -0.4 is 4.90 Å². The van der Waals surface area contributed by atoms with Crippen molar-refractivity contribution >= 4 is 40.8 Å². The number of rotatable bonds is 2. The summed E-state index contributed by atoms with van der Waals surface area (Å²) in [5, 5.41) is 0.673. The molecular weight excluding hydrogens is 293 g/mol. The van der Waals surface area contributed by atoms with E-state index in [-0.39, 0.29) is 5.28 Å². The second-order valence-corrected chi connectivity index (χ2v) is 5.44. The van der Waals surface area contributed by atoms with E-state index in [4.69, 9.17) is 23.2 Å². The van der Waals surface area contributed by atoms with Gasteiger partial charge in [0, 0.05) is 12.7 Å². The minimum absolute atomic E-state index is 0.192. The van der Waals surface area contributed by atoms with Crippen LogP contribution in [0.3, 0.4) is 0 Å². The Labute approximate surface area is 127 Å². The standard InChI is InChI=1S/C15H13Cl2N3/c1-20(14-13(16)9-18-15(17)19-14)12-7-6-10-4-2-3-5-11(10)8-12/h2,4,6-9H,3,5H2,1H3. The van der Waals surface area contributed by atoms with Crippen molar-refractivity contribution in [3.8, 4) is 0 Å². The molecule has 1 aliphatic rings. The molecule has 0 fully saturated rings. The molecule has 0 spiro atoms. The molecule has 3 nitrogen and oxygen atoms in total. The van der Waals surface area contributed by atoms with E-state index in [1.54, 1.807) is 0 Å². The van der Waals surface area contributed by atoms with Gasteiger partial charge in [0.15, 0.2) is 5.82 Å². The Kier molecular flexibility index (Phi) is 3.64. The molecule has 0 saturated carbocycles. The van der Waals surface area contributed by atoms with Crippen molar-refractivity contribution in [2.24, 2.45) is 0 Å². The third-order valence-electron chi connectivity index (χ3n) is 3.41. The molecule has 0 atom stereocenters. The van der Waals surface area contributed by atoms with Crippen LogP contribution in [0.2, 0.25) is 10.3 Å². The predicted octanol–water partition coefficient (Wildman–Crippen LogP) is 4.51. The minimum atomic E-state index is 0.192. The van der Waals surface area contributed by atoms with Gasteiger partial charge in [-0.3, -0.25) is 0 Å². The number of fused-ring (bicyclic) bond motifs is 1. The van der Waals surface area contributed by atoms with E-state index in [0.717, 1.165) is 18.5 Å². The van der Waals surface area contributed by atoms with Gasteiger partial charge in [-0.2, -0.15) is 4.98 Å². The van der Waals surface area contributed by atoms with Crippen molar-refractivity contribution in [3.63, 3.8) is 0 Å². The third kappa shape index (κ3) is 2.51. The maximum absolute atomic E-state index is 6.15. The van der Waals surface area contributed by atoms with Crippen LogP contribution in [0.5, 0.6) is 0 Å². The summed E-state index contributed by atoms with van der Waals surface area (Å²) < 4.78 is 0.